The predicted octanol–water partition coefficient (Wildman–Crippen LogP) is 5.32. The first-order valence-corrected chi connectivity index (χ1v) is 6.93. The molecule has 0 saturated carbocycles. The average Bonchev–Trinajstić information content (AvgIpc) is 2.42. The molecule has 20 heavy (non-hydrogen) atoms. The highest BCUT2D eigenvalue weighted by atomic mass is 19.1. The quantitative estimate of drug-likeness (QED) is 0.735. The van der Waals surface area contributed by atoms with Crippen LogP contribution in [0.5, 0.6) is 0 Å². The Hall–Kier alpha value is -1.96. The minimum absolute atomic E-state index is 0.170. The summed E-state index contributed by atoms with van der Waals surface area (Å²) in [6.45, 7) is 8.05. The molecular formula is C18H20FN. The van der Waals surface area contributed by atoms with Gasteiger partial charge in [0.25, 0.3) is 0 Å². The van der Waals surface area contributed by atoms with Crippen molar-refractivity contribution in [1.29, 1.82) is 0 Å². The second-order valence-corrected chi connectivity index (χ2v) is 5.15. The van der Waals surface area contributed by atoms with E-state index >= 15 is 0 Å². The van der Waals surface area contributed by atoms with Crippen LogP contribution < -0.4 is 0 Å². The minimum atomic E-state index is -0.170. The Morgan fingerprint density at radius 3 is 2.45 bits per heavy atom. The molecule has 0 unspecified atom stereocenters. The van der Waals surface area contributed by atoms with Gasteiger partial charge in [-0.2, -0.15) is 0 Å². The van der Waals surface area contributed by atoms with Crippen molar-refractivity contribution in [1.82, 2.24) is 4.98 Å². The Balaban J connectivity index is 2.43. The maximum absolute atomic E-state index is 13.3. The molecule has 0 radical (unpaired) electrons. The number of nitrogens with zero attached hydrogens (tertiary/aromatic N) is 1. The van der Waals surface area contributed by atoms with Crippen molar-refractivity contribution in [3.8, 4) is 11.1 Å². The highest BCUT2D eigenvalue weighted by Crippen LogP contribution is 2.25. The van der Waals surface area contributed by atoms with E-state index in [1.807, 2.05) is 12.3 Å². The lowest BCUT2D eigenvalue weighted by molar-refractivity contribution is 0.619. The van der Waals surface area contributed by atoms with E-state index in [0.717, 1.165) is 28.8 Å². The zero-order chi connectivity index (χ0) is 14.7. The topological polar surface area (TPSA) is 12.9 Å². The van der Waals surface area contributed by atoms with Crippen LogP contribution in [0.3, 0.4) is 0 Å². The molecule has 0 aliphatic rings. The van der Waals surface area contributed by atoms with Gasteiger partial charge < -0.3 is 0 Å². The van der Waals surface area contributed by atoms with Crippen molar-refractivity contribution >= 4 is 5.57 Å². The van der Waals surface area contributed by atoms with Crippen molar-refractivity contribution in [2.45, 2.75) is 34.1 Å². The van der Waals surface area contributed by atoms with Gasteiger partial charge in [-0.1, -0.05) is 19.1 Å². The lowest BCUT2D eigenvalue weighted by atomic mass is 10.0. The Bertz CT molecular complexity index is 656. The number of hydrogen-bond donors (Lipinski definition) is 0. The van der Waals surface area contributed by atoms with Gasteiger partial charge in [0.05, 0.1) is 5.69 Å². The van der Waals surface area contributed by atoms with Crippen molar-refractivity contribution in [3.63, 3.8) is 0 Å². The van der Waals surface area contributed by atoms with Crippen LogP contribution >= 0.6 is 0 Å². The summed E-state index contributed by atoms with van der Waals surface area (Å²) in [6.07, 6.45) is 5.05. The van der Waals surface area contributed by atoms with Gasteiger partial charge in [0.1, 0.15) is 5.82 Å². The van der Waals surface area contributed by atoms with Gasteiger partial charge in [0.15, 0.2) is 0 Å². The third-order valence-corrected chi connectivity index (χ3v) is 3.45. The fraction of sp³-hybridized carbons (Fsp3) is 0.278. The molecule has 0 amide bonds. The molecule has 0 spiro atoms. The standard InChI is InChI=1S/C18H20FN/c1-5-6-12(2)18-14(4)10-16(11-20-18)15-7-8-17(19)13(3)9-15/h6-11H,5H2,1-4H3/b12-6-. The molecule has 1 heterocycles. The summed E-state index contributed by atoms with van der Waals surface area (Å²) in [4.78, 5) is 4.56. The number of pyridine rings is 1. The van der Waals surface area contributed by atoms with Gasteiger partial charge in [0, 0.05) is 11.8 Å². The number of rotatable bonds is 3. The largest absolute Gasteiger partial charge is 0.256 e. The molecule has 0 saturated heterocycles. The molecule has 1 aromatic carbocycles. The Kier molecular flexibility index (Phi) is 4.33. The van der Waals surface area contributed by atoms with Crippen LogP contribution in [0.1, 0.15) is 37.1 Å². The predicted molar refractivity (Wildman–Crippen MR) is 83.0 cm³/mol. The van der Waals surface area contributed by atoms with Crippen LogP contribution in [0.4, 0.5) is 4.39 Å². The van der Waals surface area contributed by atoms with Gasteiger partial charge in [-0.15, -0.1) is 0 Å². The molecular weight excluding hydrogens is 249 g/mol. The van der Waals surface area contributed by atoms with Crippen molar-refractivity contribution in [2.24, 2.45) is 0 Å². The van der Waals surface area contributed by atoms with E-state index in [4.69, 9.17) is 0 Å². The monoisotopic (exact) mass is 269 g/mol. The van der Waals surface area contributed by atoms with E-state index in [0.29, 0.717) is 5.56 Å². The fourth-order valence-electron chi connectivity index (χ4n) is 2.37. The van der Waals surface area contributed by atoms with Crippen LogP contribution in [0.2, 0.25) is 0 Å². The third-order valence-electron chi connectivity index (χ3n) is 3.45. The van der Waals surface area contributed by atoms with Crippen LogP contribution in [0.25, 0.3) is 16.7 Å². The second kappa shape index (κ2) is 6.00. The lowest BCUT2D eigenvalue weighted by Gasteiger charge is -2.09. The molecule has 2 rings (SSSR count). The molecule has 0 bridgehead atoms. The number of halogens is 1. The number of hydrogen-bond acceptors (Lipinski definition) is 1. The zero-order valence-electron chi connectivity index (χ0n) is 12.5. The summed E-state index contributed by atoms with van der Waals surface area (Å²) < 4.78 is 13.3. The Morgan fingerprint density at radius 1 is 1.15 bits per heavy atom. The molecule has 0 N–H and O–H groups in total. The Labute approximate surface area is 120 Å². The van der Waals surface area contributed by atoms with Gasteiger partial charge in [0.2, 0.25) is 0 Å². The highest BCUT2D eigenvalue weighted by Gasteiger charge is 2.06. The molecule has 2 heteroatoms. The summed E-state index contributed by atoms with van der Waals surface area (Å²) in [5, 5.41) is 0. The summed E-state index contributed by atoms with van der Waals surface area (Å²) in [5.41, 5.74) is 6.07. The normalized spacial score (nSPS) is 11.8. The number of aromatic nitrogens is 1. The maximum atomic E-state index is 13.3. The van der Waals surface area contributed by atoms with E-state index < -0.39 is 0 Å². The first kappa shape index (κ1) is 14.4. The smallest absolute Gasteiger partial charge is 0.126 e. The Morgan fingerprint density at radius 2 is 1.85 bits per heavy atom. The first-order valence-electron chi connectivity index (χ1n) is 6.93. The van der Waals surface area contributed by atoms with Crippen LogP contribution in [-0.4, -0.2) is 4.98 Å². The molecule has 0 aliphatic carbocycles. The number of benzene rings is 1. The van der Waals surface area contributed by atoms with Crippen LogP contribution in [0, 0.1) is 19.7 Å². The van der Waals surface area contributed by atoms with Gasteiger partial charge in [-0.05, 0) is 67.7 Å². The lowest BCUT2D eigenvalue weighted by Crippen LogP contribution is -1.93. The maximum Gasteiger partial charge on any atom is 0.126 e. The third kappa shape index (κ3) is 2.96. The molecule has 2 aromatic rings. The van der Waals surface area contributed by atoms with Gasteiger partial charge >= 0.3 is 0 Å². The summed E-state index contributed by atoms with van der Waals surface area (Å²) in [6, 6.07) is 7.28. The molecule has 1 aromatic heterocycles. The molecule has 0 atom stereocenters. The highest BCUT2D eigenvalue weighted by molar-refractivity contribution is 5.69. The van der Waals surface area contributed by atoms with Crippen molar-refractivity contribution in [2.75, 3.05) is 0 Å². The second-order valence-electron chi connectivity index (χ2n) is 5.15. The van der Waals surface area contributed by atoms with Crippen LogP contribution in [-0.2, 0) is 0 Å². The molecule has 0 fully saturated rings. The number of aryl methyl sites for hydroxylation is 2. The van der Waals surface area contributed by atoms with Crippen molar-refractivity contribution < 1.29 is 4.39 Å². The van der Waals surface area contributed by atoms with Gasteiger partial charge in [-0.3, -0.25) is 4.98 Å². The van der Waals surface area contributed by atoms with E-state index in [2.05, 4.69) is 37.9 Å². The molecule has 1 nitrogen and oxygen atoms in total. The molecule has 0 aliphatic heterocycles. The van der Waals surface area contributed by atoms with Crippen molar-refractivity contribution in [3.05, 3.63) is 59.2 Å². The summed E-state index contributed by atoms with van der Waals surface area (Å²) in [5.74, 6) is -0.170. The first-order chi connectivity index (χ1) is 9.52. The average molecular weight is 269 g/mol. The fourth-order valence-corrected chi connectivity index (χ4v) is 2.37. The zero-order valence-corrected chi connectivity index (χ0v) is 12.5. The number of allylic oxidation sites excluding steroid dienone is 2. The van der Waals surface area contributed by atoms with E-state index in [9.17, 15) is 4.39 Å². The SMILES string of the molecule is CC/C=C(/C)c1ncc(-c2ccc(F)c(C)c2)cc1C. The molecule has 104 valence electrons. The minimum Gasteiger partial charge on any atom is -0.256 e. The van der Waals surface area contributed by atoms with Crippen LogP contribution in [0.15, 0.2) is 36.5 Å². The van der Waals surface area contributed by atoms with E-state index in [-0.39, 0.29) is 5.82 Å². The summed E-state index contributed by atoms with van der Waals surface area (Å²) >= 11 is 0. The van der Waals surface area contributed by atoms with E-state index in [1.165, 1.54) is 11.6 Å². The summed E-state index contributed by atoms with van der Waals surface area (Å²) in [7, 11) is 0. The van der Waals surface area contributed by atoms with E-state index in [1.54, 1.807) is 13.0 Å². The van der Waals surface area contributed by atoms with Gasteiger partial charge in [-0.25, -0.2) is 4.39 Å².